The number of aromatic hydroxyl groups is 1. The Labute approximate surface area is 128 Å². The van der Waals surface area contributed by atoms with E-state index in [0.29, 0.717) is 0 Å². The maximum absolute atomic E-state index is 11.5. The second-order valence-electron chi connectivity index (χ2n) is 4.75. The normalized spacial score (nSPS) is 11.9. The molecular formula is C16H18N2O2S. The largest absolute Gasteiger partial charge is 0.508 e. The predicted molar refractivity (Wildman–Crippen MR) is 84.9 cm³/mol. The molecule has 21 heavy (non-hydrogen) atoms. The smallest absolute Gasteiger partial charge is 0.241 e. The maximum atomic E-state index is 11.5. The summed E-state index contributed by atoms with van der Waals surface area (Å²) in [5.74, 6) is 5.80. The fourth-order valence-corrected chi connectivity index (χ4v) is 2.74. The van der Waals surface area contributed by atoms with Gasteiger partial charge in [-0.05, 0) is 42.3 Å². The molecule has 110 valence electrons. The number of hydrazine groups is 1. The van der Waals surface area contributed by atoms with Crippen LogP contribution in [0.25, 0.3) is 0 Å². The van der Waals surface area contributed by atoms with Crippen molar-refractivity contribution in [1.82, 2.24) is 5.43 Å². The SMILES string of the molecule is CC(C(=O)NN)c1ccc(CSc2ccc(O)cc2)cc1. The molecule has 0 radical (unpaired) electrons. The van der Waals surface area contributed by atoms with Crippen molar-refractivity contribution in [2.75, 3.05) is 0 Å². The number of phenols is 1. The molecule has 0 fully saturated rings. The van der Waals surface area contributed by atoms with Crippen LogP contribution < -0.4 is 11.3 Å². The second-order valence-corrected chi connectivity index (χ2v) is 5.80. The first-order valence-electron chi connectivity index (χ1n) is 6.61. The predicted octanol–water partition coefficient (Wildman–Crippen LogP) is 2.78. The van der Waals surface area contributed by atoms with Gasteiger partial charge in [-0.3, -0.25) is 10.2 Å². The minimum absolute atomic E-state index is 0.193. The van der Waals surface area contributed by atoms with Crippen LogP contribution in [0.4, 0.5) is 0 Å². The number of hydrogen-bond acceptors (Lipinski definition) is 4. The Morgan fingerprint density at radius 1 is 1.19 bits per heavy atom. The van der Waals surface area contributed by atoms with Gasteiger partial charge < -0.3 is 5.11 Å². The number of hydrogen-bond donors (Lipinski definition) is 3. The minimum Gasteiger partial charge on any atom is -0.508 e. The Balaban J connectivity index is 1.96. The van der Waals surface area contributed by atoms with Gasteiger partial charge in [0.2, 0.25) is 5.91 Å². The molecule has 0 aromatic heterocycles. The van der Waals surface area contributed by atoms with Crippen molar-refractivity contribution < 1.29 is 9.90 Å². The van der Waals surface area contributed by atoms with E-state index in [1.807, 2.05) is 43.3 Å². The van der Waals surface area contributed by atoms with E-state index in [4.69, 9.17) is 5.84 Å². The van der Waals surface area contributed by atoms with Gasteiger partial charge in [-0.1, -0.05) is 24.3 Å². The molecule has 0 bridgehead atoms. The first-order valence-corrected chi connectivity index (χ1v) is 7.60. The van der Waals surface area contributed by atoms with Gasteiger partial charge in [-0.25, -0.2) is 5.84 Å². The molecule has 1 unspecified atom stereocenters. The summed E-state index contributed by atoms with van der Waals surface area (Å²) in [6, 6.07) is 15.1. The monoisotopic (exact) mass is 302 g/mol. The Morgan fingerprint density at radius 3 is 2.38 bits per heavy atom. The zero-order chi connectivity index (χ0) is 15.2. The van der Waals surface area contributed by atoms with Crippen molar-refractivity contribution in [2.45, 2.75) is 23.5 Å². The van der Waals surface area contributed by atoms with Crippen LogP contribution in [-0.2, 0) is 10.5 Å². The molecule has 0 spiro atoms. The van der Waals surface area contributed by atoms with Crippen LogP contribution >= 0.6 is 11.8 Å². The van der Waals surface area contributed by atoms with Crippen molar-refractivity contribution in [3.63, 3.8) is 0 Å². The highest BCUT2D eigenvalue weighted by molar-refractivity contribution is 7.98. The van der Waals surface area contributed by atoms with Gasteiger partial charge >= 0.3 is 0 Å². The van der Waals surface area contributed by atoms with Gasteiger partial charge in [0.05, 0.1) is 5.92 Å². The van der Waals surface area contributed by atoms with Gasteiger partial charge in [0.25, 0.3) is 0 Å². The third-order valence-corrected chi connectivity index (χ3v) is 4.34. The van der Waals surface area contributed by atoms with E-state index in [1.54, 1.807) is 23.9 Å². The number of amides is 1. The third kappa shape index (κ3) is 4.24. The minimum atomic E-state index is -0.256. The molecule has 0 heterocycles. The lowest BCUT2D eigenvalue weighted by atomic mass is 9.99. The summed E-state index contributed by atoms with van der Waals surface area (Å²) in [6.45, 7) is 1.82. The number of carbonyl (C=O) groups is 1. The fourth-order valence-electron chi connectivity index (χ4n) is 1.89. The van der Waals surface area contributed by atoms with Gasteiger partial charge in [0, 0.05) is 10.6 Å². The van der Waals surface area contributed by atoms with Gasteiger partial charge in [-0.15, -0.1) is 11.8 Å². The topological polar surface area (TPSA) is 75.4 Å². The lowest BCUT2D eigenvalue weighted by molar-refractivity contribution is -0.122. The maximum Gasteiger partial charge on any atom is 0.241 e. The summed E-state index contributed by atoms with van der Waals surface area (Å²) < 4.78 is 0. The van der Waals surface area contributed by atoms with Crippen LogP contribution in [0.1, 0.15) is 24.0 Å². The number of benzene rings is 2. The van der Waals surface area contributed by atoms with Crippen LogP contribution in [0.15, 0.2) is 53.4 Å². The van der Waals surface area contributed by atoms with E-state index in [-0.39, 0.29) is 17.6 Å². The lowest BCUT2D eigenvalue weighted by Gasteiger charge is -2.10. The molecule has 4 nitrogen and oxygen atoms in total. The zero-order valence-corrected chi connectivity index (χ0v) is 12.6. The molecule has 1 amide bonds. The van der Waals surface area contributed by atoms with Crippen molar-refractivity contribution in [1.29, 1.82) is 0 Å². The Bertz CT molecular complexity index is 597. The molecule has 2 aromatic rings. The highest BCUT2D eigenvalue weighted by Crippen LogP contribution is 2.25. The molecule has 0 saturated heterocycles. The number of nitrogens with one attached hydrogen (secondary N) is 1. The van der Waals surface area contributed by atoms with E-state index in [0.717, 1.165) is 16.2 Å². The van der Waals surface area contributed by atoms with Crippen LogP contribution in [-0.4, -0.2) is 11.0 Å². The van der Waals surface area contributed by atoms with Crippen molar-refractivity contribution in [3.8, 4) is 5.75 Å². The van der Waals surface area contributed by atoms with E-state index >= 15 is 0 Å². The van der Waals surface area contributed by atoms with E-state index in [9.17, 15) is 9.90 Å². The summed E-state index contributed by atoms with van der Waals surface area (Å²) in [5, 5.41) is 9.24. The number of thioether (sulfide) groups is 1. The first kappa shape index (κ1) is 15.4. The fraction of sp³-hybridized carbons (Fsp3) is 0.188. The Hall–Kier alpha value is -1.98. The second kappa shape index (κ2) is 7.15. The molecule has 1 atom stereocenters. The summed E-state index contributed by atoms with van der Waals surface area (Å²) in [4.78, 5) is 12.6. The number of carbonyl (C=O) groups excluding carboxylic acids is 1. The molecular weight excluding hydrogens is 284 g/mol. The van der Waals surface area contributed by atoms with Gasteiger partial charge in [0.15, 0.2) is 0 Å². The molecule has 0 aliphatic heterocycles. The third-order valence-electron chi connectivity index (χ3n) is 3.26. The zero-order valence-electron chi connectivity index (χ0n) is 11.7. The quantitative estimate of drug-likeness (QED) is 0.343. The Kier molecular flexibility index (Phi) is 5.25. The van der Waals surface area contributed by atoms with Crippen molar-refractivity contribution in [2.24, 2.45) is 5.84 Å². The summed E-state index contributed by atoms with van der Waals surface area (Å²) in [6.07, 6.45) is 0. The van der Waals surface area contributed by atoms with Crippen molar-refractivity contribution >= 4 is 17.7 Å². The van der Waals surface area contributed by atoms with E-state index in [2.05, 4.69) is 5.43 Å². The van der Waals surface area contributed by atoms with Crippen molar-refractivity contribution in [3.05, 3.63) is 59.7 Å². The summed E-state index contributed by atoms with van der Waals surface area (Å²) in [7, 11) is 0. The average molecular weight is 302 g/mol. The molecule has 0 aliphatic rings. The lowest BCUT2D eigenvalue weighted by Crippen LogP contribution is -2.33. The average Bonchev–Trinajstić information content (AvgIpc) is 2.53. The number of phenolic OH excluding ortho intramolecular Hbond substituents is 1. The standard InChI is InChI=1S/C16H18N2O2S/c1-11(16(20)18-17)13-4-2-12(3-5-13)10-21-15-8-6-14(19)7-9-15/h2-9,11,19H,10,17H2,1H3,(H,18,20). The van der Waals surface area contributed by atoms with Gasteiger partial charge in [-0.2, -0.15) is 0 Å². The highest BCUT2D eigenvalue weighted by atomic mass is 32.2. The molecule has 2 rings (SSSR count). The summed E-state index contributed by atoms with van der Waals surface area (Å²) >= 11 is 1.70. The van der Waals surface area contributed by atoms with Crippen LogP contribution in [0.2, 0.25) is 0 Å². The molecule has 5 heteroatoms. The molecule has 0 saturated carbocycles. The number of nitrogens with two attached hydrogens (primary N) is 1. The first-order chi connectivity index (χ1) is 10.1. The summed E-state index contributed by atoms with van der Waals surface area (Å²) in [5.41, 5.74) is 4.28. The molecule has 4 N–H and O–H groups in total. The number of rotatable bonds is 5. The van der Waals surface area contributed by atoms with Crippen LogP contribution in [0.5, 0.6) is 5.75 Å². The molecule has 2 aromatic carbocycles. The van der Waals surface area contributed by atoms with Crippen LogP contribution in [0.3, 0.4) is 0 Å². The van der Waals surface area contributed by atoms with E-state index < -0.39 is 0 Å². The van der Waals surface area contributed by atoms with E-state index in [1.165, 1.54) is 5.56 Å². The Morgan fingerprint density at radius 2 is 1.81 bits per heavy atom. The molecule has 0 aliphatic carbocycles. The van der Waals surface area contributed by atoms with Crippen LogP contribution in [0, 0.1) is 0 Å². The highest BCUT2D eigenvalue weighted by Gasteiger charge is 2.13. The van der Waals surface area contributed by atoms with Gasteiger partial charge in [0.1, 0.15) is 5.75 Å².